The molecule has 3 nitrogen and oxygen atoms in total. The number of likely N-dealkylation sites (N-methyl/N-ethyl adjacent to an activating group) is 1. The second-order valence-electron chi connectivity index (χ2n) is 5.64. The molecule has 3 heteroatoms. The Morgan fingerprint density at radius 2 is 2.00 bits per heavy atom. The molecular weight excluding hydrogens is 248 g/mol. The molecule has 20 heavy (non-hydrogen) atoms. The molecule has 1 aromatic carbocycles. The zero-order chi connectivity index (χ0) is 14.7. The summed E-state index contributed by atoms with van der Waals surface area (Å²) >= 11 is 0. The predicted octanol–water partition coefficient (Wildman–Crippen LogP) is 3.42. The van der Waals surface area contributed by atoms with Gasteiger partial charge in [-0.05, 0) is 39.4 Å². The van der Waals surface area contributed by atoms with Crippen LogP contribution in [0, 0.1) is 13.8 Å². The molecule has 0 aliphatic carbocycles. The maximum absolute atomic E-state index is 6.22. The van der Waals surface area contributed by atoms with Crippen molar-refractivity contribution in [2.45, 2.75) is 39.4 Å². The van der Waals surface area contributed by atoms with Crippen LogP contribution in [0.5, 0.6) is 0 Å². The van der Waals surface area contributed by atoms with Gasteiger partial charge in [0, 0.05) is 24.2 Å². The molecule has 0 bridgehead atoms. The van der Waals surface area contributed by atoms with Crippen molar-refractivity contribution in [3.63, 3.8) is 0 Å². The molecule has 2 unspecified atom stereocenters. The number of rotatable bonds is 5. The summed E-state index contributed by atoms with van der Waals surface area (Å²) in [6, 6.07) is 10.9. The van der Waals surface area contributed by atoms with E-state index in [-0.39, 0.29) is 12.1 Å². The summed E-state index contributed by atoms with van der Waals surface area (Å²) in [5.74, 6) is 0.976. The minimum atomic E-state index is 0.0639. The van der Waals surface area contributed by atoms with Crippen LogP contribution in [0.2, 0.25) is 0 Å². The van der Waals surface area contributed by atoms with E-state index in [0.717, 1.165) is 12.3 Å². The average molecular weight is 272 g/mol. The lowest BCUT2D eigenvalue weighted by atomic mass is 9.97. The van der Waals surface area contributed by atoms with E-state index in [1.54, 1.807) is 6.26 Å². The number of furan rings is 1. The second-order valence-corrected chi connectivity index (χ2v) is 5.64. The fourth-order valence-corrected chi connectivity index (χ4v) is 2.76. The van der Waals surface area contributed by atoms with Gasteiger partial charge in [0.15, 0.2) is 0 Å². The van der Waals surface area contributed by atoms with Crippen molar-refractivity contribution in [2.75, 3.05) is 7.05 Å². The third-order valence-corrected chi connectivity index (χ3v) is 3.74. The van der Waals surface area contributed by atoms with Crippen LogP contribution in [0.4, 0.5) is 0 Å². The van der Waals surface area contributed by atoms with E-state index in [9.17, 15) is 0 Å². The molecule has 1 aromatic heterocycles. The van der Waals surface area contributed by atoms with Gasteiger partial charge in [-0.25, -0.2) is 0 Å². The zero-order valence-electron chi connectivity index (χ0n) is 12.8. The van der Waals surface area contributed by atoms with Crippen molar-refractivity contribution in [1.29, 1.82) is 0 Å². The Labute approximate surface area is 121 Å². The van der Waals surface area contributed by atoms with E-state index in [1.165, 1.54) is 16.7 Å². The van der Waals surface area contributed by atoms with Crippen LogP contribution in [0.1, 0.15) is 35.4 Å². The molecule has 2 rings (SSSR count). The van der Waals surface area contributed by atoms with Gasteiger partial charge in [-0.15, -0.1) is 0 Å². The molecule has 2 aromatic rings. The molecular formula is C17H24N2O. The Morgan fingerprint density at radius 1 is 1.25 bits per heavy atom. The topological polar surface area (TPSA) is 42.4 Å². The van der Waals surface area contributed by atoms with Gasteiger partial charge in [-0.2, -0.15) is 0 Å². The molecule has 0 aliphatic heterocycles. The molecule has 2 N–H and O–H groups in total. The highest BCUT2D eigenvalue weighted by Gasteiger charge is 2.22. The van der Waals surface area contributed by atoms with E-state index in [4.69, 9.17) is 10.2 Å². The molecule has 1 heterocycles. The Bertz CT molecular complexity index is 560. The van der Waals surface area contributed by atoms with Crippen molar-refractivity contribution in [3.8, 4) is 0 Å². The van der Waals surface area contributed by atoms with Gasteiger partial charge in [-0.3, -0.25) is 4.90 Å². The molecule has 0 fully saturated rings. The fourth-order valence-electron chi connectivity index (χ4n) is 2.76. The SMILES string of the molecule is Cc1cccc(C(C(C)N)N(C)Cc2ccoc2C)c1. The summed E-state index contributed by atoms with van der Waals surface area (Å²) in [5, 5.41) is 0. The molecule has 0 spiro atoms. The normalized spacial score (nSPS) is 14.5. The highest BCUT2D eigenvalue weighted by atomic mass is 16.3. The van der Waals surface area contributed by atoms with Crippen molar-refractivity contribution >= 4 is 0 Å². The van der Waals surface area contributed by atoms with E-state index < -0.39 is 0 Å². The lowest BCUT2D eigenvalue weighted by molar-refractivity contribution is 0.210. The lowest BCUT2D eigenvalue weighted by Crippen LogP contribution is -2.37. The van der Waals surface area contributed by atoms with Crippen molar-refractivity contribution in [3.05, 3.63) is 59.0 Å². The quantitative estimate of drug-likeness (QED) is 0.907. The molecule has 0 radical (unpaired) electrons. The molecule has 2 atom stereocenters. The average Bonchev–Trinajstić information content (AvgIpc) is 2.74. The number of nitrogens with two attached hydrogens (primary N) is 1. The maximum Gasteiger partial charge on any atom is 0.105 e. The monoisotopic (exact) mass is 272 g/mol. The fraction of sp³-hybridized carbons (Fsp3) is 0.412. The van der Waals surface area contributed by atoms with Gasteiger partial charge >= 0.3 is 0 Å². The number of hydrogen-bond acceptors (Lipinski definition) is 3. The van der Waals surface area contributed by atoms with Gasteiger partial charge in [0.2, 0.25) is 0 Å². The van der Waals surface area contributed by atoms with Crippen LogP contribution < -0.4 is 5.73 Å². The first kappa shape index (κ1) is 14.8. The van der Waals surface area contributed by atoms with Crippen molar-refractivity contribution in [2.24, 2.45) is 5.73 Å². The number of nitrogens with zero attached hydrogens (tertiary/aromatic N) is 1. The Kier molecular flexibility index (Phi) is 4.63. The van der Waals surface area contributed by atoms with Crippen LogP contribution in [0.25, 0.3) is 0 Å². The number of aryl methyl sites for hydroxylation is 2. The third kappa shape index (κ3) is 3.30. The molecule has 0 saturated carbocycles. The van der Waals surface area contributed by atoms with Crippen molar-refractivity contribution in [1.82, 2.24) is 4.90 Å². The summed E-state index contributed by atoms with van der Waals surface area (Å²) in [5.41, 5.74) is 9.97. The number of hydrogen-bond donors (Lipinski definition) is 1. The maximum atomic E-state index is 6.22. The van der Waals surface area contributed by atoms with E-state index in [1.807, 2.05) is 13.0 Å². The van der Waals surface area contributed by atoms with Gasteiger partial charge in [0.05, 0.1) is 6.26 Å². The molecule has 108 valence electrons. The van der Waals surface area contributed by atoms with E-state index >= 15 is 0 Å². The van der Waals surface area contributed by atoms with Gasteiger partial charge in [0.1, 0.15) is 5.76 Å². The first-order valence-electron chi connectivity index (χ1n) is 7.04. The summed E-state index contributed by atoms with van der Waals surface area (Å²) < 4.78 is 5.37. The Hall–Kier alpha value is -1.58. The Balaban J connectivity index is 2.22. The summed E-state index contributed by atoms with van der Waals surface area (Å²) in [7, 11) is 2.11. The predicted molar refractivity (Wildman–Crippen MR) is 82.5 cm³/mol. The van der Waals surface area contributed by atoms with Crippen LogP contribution in [-0.2, 0) is 6.54 Å². The van der Waals surface area contributed by atoms with Gasteiger partial charge in [0.25, 0.3) is 0 Å². The highest BCUT2D eigenvalue weighted by molar-refractivity contribution is 5.26. The van der Waals surface area contributed by atoms with Gasteiger partial charge in [-0.1, -0.05) is 29.8 Å². The zero-order valence-corrected chi connectivity index (χ0v) is 12.8. The summed E-state index contributed by atoms with van der Waals surface area (Å²) in [6.07, 6.45) is 1.74. The van der Waals surface area contributed by atoms with E-state index in [0.29, 0.717) is 0 Å². The Morgan fingerprint density at radius 3 is 2.55 bits per heavy atom. The summed E-state index contributed by atoms with van der Waals surface area (Å²) in [4.78, 5) is 2.29. The van der Waals surface area contributed by atoms with Gasteiger partial charge < -0.3 is 10.2 Å². The summed E-state index contributed by atoms with van der Waals surface area (Å²) in [6.45, 7) is 7.01. The number of benzene rings is 1. The second kappa shape index (κ2) is 6.25. The lowest BCUT2D eigenvalue weighted by Gasteiger charge is -2.31. The largest absolute Gasteiger partial charge is 0.469 e. The van der Waals surface area contributed by atoms with Crippen LogP contribution in [-0.4, -0.2) is 18.0 Å². The molecule has 0 amide bonds. The standard InChI is InChI=1S/C17H24N2O/c1-12-6-5-7-15(10-12)17(13(2)18)19(4)11-16-8-9-20-14(16)3/h5-10,13,17H,11,18H2,1-4H3. The third-order valence-electron chi connectivity index (χ3n) is 3.74. The van der Waals surface area contributed by atoms with Crippen molar-refractivity contribution < 1.29 is 4.42 Å². The first-order valence-corrected chi connectivity index (χ1v) is 7.04. The minimum Gasteiger partial charge on any atom is -0.469 e. The minimum absolute atomic E-state index is 0.0639. The van der Waals surface area contributed by atoms with E-state index in [2.05, 4.69) is 50.1 Å². The molecule has 0 aliphatic rings. The van der Waals surface area contributed by atoms with Crippen LogP contribution in [0.3, 0.4) is 0 Å². The smallest absolute Gasteiger partial charge is 0.105 e. The highest BCUT2D eigenvalue weighted by Crippen LogP contribution is 2.25. The molecule has 0 saturated heterocycles. The first-order chi connectivity index (χ1) is 9.49. The van der Waals surface area contributed by atoms with Crippen LogP contribution in [0.15, 0.2) is 41.0 Å². The van der Waals surface area contributed by atoms with Crippen LogP contribution >= 0.6 is 0 Å².